The zero-order valence-corrected chi connectivity index (χ0v) is 17.0. The maximum Gasteiger partial charge on any atom is 0.290 e. The van der Waals surface area contributed by atoms with Crippen molar-refractivity contribution in [1.29, 1.82) is 0 Å². The number of carbonyl (C=O) groups excluding carboxylic acids is 1. The van der Waals surface area contributed by atoms with E-state index < -0.39 is 0 Å². The predicted octanol–water partition coefficient (Wildman–Crippen LogP) is 1.75. The van der Waals surface area contributed by atoms with E-state index in [-0.39, 0.29) is 29.2 Å². The van der Waals surface area contributed by atoms with Crippen LogP contribution in [0.1, 0.15) is 47.2 Å². The second-order valence-corrected chi connectivity index (χ2v) is 7.93. The molecule has 0 spiro atoms. The van der Waals surface area contributed by atoms with E-state index >= 15 is 0 Å². The number of hydrogen-bond acceptors (Lipinski definition) is 6. The van der Waals surface area contributed by atoms with E-state index in [1.54, 1.807) is 22.7 Å². The Morgan fingerprint density at radius 3 is 2.69 bits per heavy atom. The topological polar surface area (TPSA) is 80.8 Å². The standard InChI is InChI=1S/C21H28N4O4/c1-15-10-17(26)11-18(29-15)21(27)25-8-9-28-19(14-24-6-4-3-5-7-24)20(25)16-12-22-23(2)13-16/h10-13,19-20H,3-9,14H2,1-2H3/t19-,20-/m0/s1. The highest BCUT2D eigenvalue weighted by molar-refractivity contribution is 5.91. The second kappa shape index (κ2) is 8.51. The Balaban J connectivity index is 1.64. The van der Waals surface area contributed by atoms with Crippen LogP contribution in [0.15, 0.2) is 33.7 Å². The summed E-state index contributed by atoms with van der Waals surface area (Å²) >= 11 is 0. The van der Waals surface area contributed by atoms with Crippen molar-refractivity contribution < 1.29 is 13.9 Å². The molecule has 0 aromatic carbocycles. The minimum absolute atomic E-state index is 0.0718. The van der Waals surface area contributed by atoms with Crippen LogP contribution >= 0.6 is 0 Å². The molecule has 0 aliphatic carbocycles. The van der Waals surface area contributed by atoms with Crippen LogP contribution in [0.5, 0.6) is 0 Å². The zero-order chi connectivity index (χ0) is 20.4. The van der Waals surface area contributed by atoms with E-state index in [0.717, 1.165) is 25.2 Å². The first-order chi connectivity index (χ1) is 14.0. The van der Waals surface area contributed by atoms with Crippen LogP contribution in [-0.4, -0.2) is 64.4 Å². The third-order valence-electron chi connectivity index (χ3n) is 5.67. The summed E-state index contributed by atoms with van der Waals surface area (Å²) in [5.41, 5.74) is 0.700. The van der Waals surface area contributed by atoms with Crippen LogP contribution in [0.2, 0.25) is 0 Å². The van der Waals surface area contributed by atoms with Gasteiger partial charge in [0.05, 0.1) is 24.9 Å². The molecule has 2 aromatic heterocycles. The lowest BCUT2D eigenvalue weighted by molar-refractivity contribution is -0.0748. The highest BCUT2D eigenvalue weighted by Gasteiger charge is 2.39. The number of piperidine rings is 1. The average molecular weight is 400 g/mol. The van der Waals surface area contributed by atoms with Gasteiger partial charge in [-0.25, -0.2) is 0 Å². The van der Waals surface area contributed by atoms with Gasteiger partial charge < -0.3 is 19.0 Å². The molecular weight excluding hydrogens is 372 g/mol. The fourth-order valence-electron chi connectivity index (χ4n) is 4.35. The van der Waals surface area contributed by atoms with Gasteiger partial charge in [-0.2, -0.15) is 5.10 Å². The van der Waals surface area contributed by atoms with E-state index in [9.17, 15) is 9.59 Å². The quantitative estimate of drug-likeness (QED) is 0.778. The summed E-state index contributed by atoms with van der Waals surface area (Å²) in [6, 6.07) is 2.37. The maximum atomic E-state index is 13.3. The summed E-state index contributed by atoms with van der Waals surface area (Å²) in [5.74, 6) is 0.214. The van der Waals surface area contributed by atoms with Gasteiger partial charge in [-0.1, -0.05) is 6.42 Å². The fraction of sp³-hybridized carbons (Fsp3) is 0.571. The van der Waals surface area contributed by atoms with Crippen LogP contribution < -0.4 is 5.43 Å². The van der Waals surface area contributed by atoms with Crippen LogP contribution in [0, 0.1) is 6.92 Å². The molecular formula is C21H28N4O4. The number of rotatable bonds is 4. The molecule has 0 N–H and O–H groups in total. The largest absolute Gasteiger partial charge is 0.456 e. The van der Waals surface area contributed by atoms with Gasteiger partial charge in [-0.15, -0.1) is 0 Å². The SMILES string of the molecule is Cc1cc(=O)cc(C(=O)N2CCO[C@@H](CN3CCCCC3)[C@@H]2c2cnn(C)c2)o1. The molecule has 0 unspecified atom stereocenters. The molecule has 8 nitrogen and oxygen atoms in total. The number of likely N-dealkylation sites (tertiary alicyclic amines) is 1. The number of nitrogens with zero attached hydrogens (tertiary/aromatic N) is 4. The van der Waals surface area contributed by atoms with Gasteiger partial charge in [-0.3, -0.25) is 14.3 Å². The van der Waals surface area contributed by atoms with Crippen LogP contribution in [0.25, 0.3) is 0 Å². The first-order valence-corrected chi connectivity index (χ1v) is 10.3. The Morgan fingerprint density at radius 1 is 1.21 bits per heavy atom. The number of aromatic nitrogens is 2. The first kappa shape index (κ1) is 19.8. The molecule has 29 heavy (non-hydrogen) atoms. The van der Waals surface area contributed by atoms with Crippen molar-refractivity contribution >= 4 is 5.91 Å². The van der Waals surface area contributed by atoms with Crippen molar-refractivity contribution in [3.05, 3.63) is 51.8 Å². The smallest absolute Gasteiger partial charge is 0.290 e. The van der Waals surface area contributed by atoms with Crippen molar-refractivity contribution in [1.82, 2.24) is 19.6 Å². The number of morpholine rings is 1. The minimum atomic E-state index is -0.286. The molecule has 4 heterocycles. The van der Waals surface area contributed by atoms with Crippen molar-refractivity contribution in [2.24, 2.45) is 7.05 Å². The minimum Gasteiger partial charge on any atom is -0.456 e. The van der Waals surface area contributed by atoms with Crippen molar-refractivity contribution in [3.8, 4) is 0 Å². The zero-order valence-electron chi connectivity index (χ0n) is 17.0. The molecule has 2 saturated heterocycles. The second-order valence-electron chi connectivity index (χ2n) is 7.93. The highest BCUT2D eigenvalue weighted by atomic mass is 16.5. The van der Waals surface area contributed by atoms with Gasteiger partial charge >= 0.3 is 0 Å². The van der Waals surface area contributed by atoms with Crippen molar-refractivity contribution in [3.63, 3.8) is 0 Å². The molecule has 2 fully saturated rings. The Morgan fingerprint density at radius 2 is 2.00 bits per heavy atom. The normalized spacial score (nSPS) is 23.3. The Hall–Kier alpha value is -2.45. The number of ether oxygens (including phenoxy) is 1. The summed E-state index contributed by atoms with van der Waals surface area (Å²) in [5, 5.41) is 4.30. The molecule has 0 bridgehead atoms. The van der Waals surface area contributed by atoms with Gasteiger partial charge in [0.1, 0.15) is 5.76 Å². The molecule has 2 aromatic rings. The third kappa shape index (κ3) is 4.43. The molecule has 0 saturated carbocycles. The van der Waals surface area contributed by atoms with Crippen LogP contribution in [0.3, 0.4) is 0 Å². The summed E-state index contributed by atoms with van der Waals surface area (Å²) in [4.78, 5) is 29.4. The number of carbonyl (C=O) groups is 1. The lowest BCUT2D eigenvalue weighted by Crippen LogP contribution is -2.52. The number of aryl methyl sites for hydroxylation is 2. The van der Waals surface area contributed by atoms with Crippen molar-refractivity contribution in [2.75, 3.05) is 32.8 Å². The number of hydrogen-bond donors (Lipinski definition) is 0. The monoisotopic (exact) mass is 400 g/mol. The predicted molar refractivity (Wildman–Crippen MR) is 107 cm³/mol. The van der Waals surface area contributed by atoms with Gasteiger partial charge in [0, 0.05) is 44.0 Å². The lowest BCUT2D eigenvalue weighted by atomic mass is 9.99. The highest BCUT2D eigenvalue weighted by Crippen LogP contribution is 2.32. The third-order valence-corrected chi connectivity index (χ3v) is 5.67. The Labute approximate surface area is 170 Å². The molecule has 0 radical (unpaired) electrons. The summed E-state index contributed by atoms with van der Waals surface area (Å²) < 4.78 is 13.5. The Bertz CT molecular complexity index is 915. The maximum absolute atomic E-state index is 13.3. The fourth-order valence-corrected chi connectivity index (χ4v) is 4.35. The van der Waals surface area contributed by atoms with Gasteiger partial charge in [0.2, 0.25) is 0 Å². The molecule has 4 rings (SSSR count). The van der Waals surface area contributed by atoms with E-state index in [2.05, 4.69) is 10.00 Å². The molecule has 1 amide bonds. The van der Waals surface area contributed by atoms with Gasteiger partial charge in [0.15, 0.2) is 11.2 Å². The molecule has 2 aliphatic heterocycles. The summed E-state index contributed by atoms with van der Waals surface area (Å²) in [6.07, 6.45) is 7.21. The van der Waals surface area contributed by atoms with E-state index in [4.69, 9.17) is 9.15 Å². The average Bonchev–Trinajstić information content (AvgIpc) is 3.13. The Kier molecular flexibility index (Phi) is 5.82. The summed E-state index contributed by atoms with van der Waals surface area (Å²) in [7, 11) is 1.86. The van der Waals surface area contributed by atoms with E-state index in [1.807, 2.05) is 13.2 Å². The first-order valence-electron chi connectivity index (χ1n) is 10.3. The van der Waals surface area contributed by atoms with Crippen molar-refractivity contribution in [2.45, 2.75) is 38.3 Å². The number of amides is 1. The van der Waals surface area contributed by atoms with Gasteiger partial charge in [0.25, 0.3) is 5.91 Å². The molecule has 2 aliphatic rings. The molecule has 2 atom stereocenters. The van der Waals surface area contributed by atoms with E-state index in [0.29, 0.717) is 18.9 Å². The summed E-state index contributed by atoms with van der Waals surface area (Å²) in [6.45, 7) is 5.45. The molecule has 156 valence electrons. The van der Waals surface area contributed by atoms with Crippen LogP contribution in [0.4, 0.5) is 0 Å². The van der Waals surface area contributed by atoms with Crippen LogP contribution in [-0.2, 0) is 11.8 Å². The van der Waals surface area contributed by atoms with E-state index in [1.165, 1.54) is 31.4 Å². The van der Waals surface area contributed by atoms with Gasteiger partial charge in [-0.05, 0) is 32.9 Å². The lowest BCUT2D eigenvalue weighted by Gasteiger charge is -2.42. The molecule has 8 heteroatoms.